The second-order valence-corrected chi connectivity index (χ2v) is 10.2. The molecular formula is C31H35FN2O. The summed E-state index contributed by atoms with van der Waals surface area (Å²) in [7, 11) is 0. The molecule has 1 atom stereocenters. The number of rotatable bonds is 7. The third-order valence-corrected chi connectivity index (χ3v) is 7.72. The average molecular weight is 471 g/mol. The van der Waals surface area contributed by atoms with E-state index in [9.17, 15) is 9.18 Å². The van der Waals surface area contributed by atoms with Crippen LogP contribution in [-0.2, 0) is 24.3 Å². The second-order valence-electron chi connectivity index (χ2n) is 10.2. The van der Waals surface area contributed by atoms with Gasteiger partial charge in [-0.1, -0.05) is 66.7 Å². The molecule has 2 aliphatic rings. The van der Waals surface area contributed by atoms with E-state index in [0.29, 0.717) is 18.1 Å². The first-order valence-corrected chi connectivity index (χ1v) is 13.0. The largest absolute Gasteiger partial charge is 0.299 e. The predicted molar refractivity (Wildman–Crippen MR) is 139 cm³/mol. The first-order chi connectivity index (χ1) is 17.1. The summed E-state index contributed by atoms with van der Waals surface area (Å²) < 4.78 is 13.2. The highest BCUT2D eigenvalue weighted by Gasteiger charge is 2.31. The van der Waals surface area contributed by atoms with Crippen molar-refractivity contribution in [2.45, 2.75) is 44.7 Å². The van der Waals surface area contributed by atoms with Crippen molar-refractivity contribution in [3.63, 3.8) is 0 Å². The molecule has 2 aliphatic heterocycles. The zero-order chi connectivity index (χ0) is 24.0. The molecule has 0 aromatic heterocycles. The van der Waals surface area contributed by atoms with Crippen molar-refractivity contribution in [1.29, 1.82) is 0 Å². The highest BCUT2D eigenvalue weighted by Crippen LogP contribution is 2.31. The number of carbonyl (C=O) groups excluding carboxylic acids is 1. The van der Waals surface area contributed by atoms with Crippen molar-refractivity contribution < 1.29 is 9.18 Å². The normalized spacial score (nSPS) is 19.7. The number of nitrogens with zero attached hydrogens (tertiary/aromatic N) is 2. The van der Waals surface area contributed by atoms with Crippen LogP contribution >= 0.6 is 0 Å². The summed E-state index contributed by atoms with van der Waals surface area (Å²) in [6, 6.07) is 26.0. The minimum Gasteiger partial charge on any atom is -0.299 e. The number of benzene rings is 3. The molecule has 1 fully saturated rings. The zero-order valence-electron chi connectivity index (χ0n) is 20.4. The molecule has 0 saturated carbocycles. The lowest BCUT2D eigenvalue weighted by atomic mass is 9.83. The molecule has 1 unspecified atom stereocenters. The van der Waals surface area contributed by atoms with Crippen LogP contribution in [0.15, 0.2) is 78.9 Å². The molecule has 3 aromatic rings. The van der Waals surface area contributed by atoms with E-state index >= 15 is 0 Å². The number of piperidine rings is 1. The lowest BCUT2D eigenvalue weighted by molar-refractivity contribution is -0.122. The molecule has 0 N–H and O–H groups in total. The van der Waals surface area contributed by atoms with Crippen molar-refractivity contribution in [1.82, 2.24) is 9.80 Å². The van der Waals surface area contributed by atoms with E-state index in [2.05, 4.69) is 64.4 Å². The Morgan fingerprint density at radius 3 is 2.20 bits per heavy atom. The van der Waals surface area contributed by atoms with Crippen LogP contribution in [0.1, 0.15) is 47.4 Å². The summed E-state index contributed by atoms with van der Waals surface area (Å²) in [5.41, 5.74) is 5.02. The molecule has 0 amide bonds. The van der Waals surface area contributed by atoms with Gasteiger partial charge in [-0.05, 0) is 72.7 Å². The third kappa shape index (κ3) is 6.25. The molecule has 5 rings (SSSR count). The van der Waals surface area contributed by atoms with Crippen molar-refractivity contribution in [3.05, 3.63) is 107 Å². The van der Waals surface area contributed by atoms with Gasteiger partial charge in [0.05, 0.1) is 5.92 Å². The van der Waals surface area contributed by atoms with Crippen LogP contribution < -0.4 is 0 Å². The van der Waals surface area contributed by atoms with Crippen molar-refractivity contribution >= 4 is 5.78 Å². The molecule has 4 heteroatoms. The number of likely N-dealkylation sites (tertiary alicyclic amines) is 1. The quantitative estimate of drug-likeness (QED) is 0.433. The number of Topliss-reactive ketones (excluding diaryl/α,β-unsaturated/α-hetero) is 1. The number of ketones is 1. The van der Waals surface area contributed by atoms with E-state index < -0.39 is 0 Å². The maximum absolute atomic E-state index is 13.7. The minimum absolute atomic E-state index is 0.0466. The first kappa shape index (κ1) is 23.9. The predicted octanol–water partition coefficient (Wildman–Crippen LogP) is 5.84. The van der Waals surface area contributed by atoms with Crippen LogP contribution in [0.4, 0.5) is 4.39 Å². The first-order valence-electron chi connectivity index (χ1n) is 13.0. The Morgan fingerprint density at radius 1 is 0.771 bits per heavy atom. The van der Waals surface area contributed by atoms with Gasteiger partial charge in [0.15, 0.2) is 0 Å². The average Bonchev–Trinajstić information content (AvgIpc) is 3.07. The van der Waals surface area contributed by atoms with Crippen molar-refractivity contribution in [2.24, 2.45) is 5.92 Å². The van der Waals surface area contributed by atoms with E-state index in [0.717, 1.165) is 64.1 Å². The van der Waals surface area contributed by atoms with Crippen LogP contribution in [0.25, 0.3) is 0 Å². The fourth-order valence-corrected chi connectivity index (χ4v) is 5.71. The van der Waals surface area contributed by atoms with Crippen LogP contribution in [0, 0.1) is 11.7 Å². The molecule has 2 heterocycles. The van der Waals surface area contributed by atoms with Gasteiger partial charge < -0.3 is 0 Å². The van der Waals surface area contributed by atoms with E-state index in [-0.39, 0.29) is 11.7 Å². The monoisotopic (exact) mass is 470 g/mol. The molecule has 3 aromatic carbocycles. The van der Waals surface area contributed by atoms with Crippen LogP contribution in [-0.4, -0.2) is 41.8 Å². The Bertz CT molecular complexity index is 1110. The fourth-order valence-electron chi connectivity index (χ4n) is 5.71. The minimum atomic E-state index is -0.187. The molecule has 0 aliphatic carbocycles. The topological polar surface area (TPSA) is 23.6 Å². The summed E-state index contributed by atoms with van der Waals surface area (Å²) in [5, 5.41) is 0. The molecule has 1 saturated heterocycles. The van der Waals surface area contributed by atoms with E-state index in [4.69, 9.17) is 0 Å². The highest BCUT2D eigenvalue weighted by atomic mass is 19.1. The van der Waals surface area contributed by atoms with Gasteiger partial charge in [-0.15, -0.1) is 0 Å². The molecule has 0 bridgehead atoms. The van der Waals surface area contributed by atoms with Gasteiger partial charge in [-0.25, -0.2) is 4.39 Å². The van der Waals surface area contributed by atoms with Gasteiger partial charge in [-0.3, -0.25) is 14.6 Å². The van der Waals surface area contributed by atoms with Crippen LogP contribution in [0.3, 0.4) is 0 Å². The number of hydrogen-bond acceptors (Lipinski definition) is 3. The Morgan fingerprint density at radius 2 is 1.43 bits per heavy atom. The Hall–Kier alpha value is -2.82. The molecular weight excluding hydrogens is 435 g/mol. The van der Waals surface area contributed by atoms with E-state index in [1.807, 2.05) is 12.1 Å². The fraction of sp³-hybridized carbons (Fsp3) is 0.387. The highest BCUT2D eigenvalue weighted by molar-refractivity contribution is 5.86. The number of hydrogen-bond donors (Lipinski definition) is 0. The summed E-state index contributed by atoms with van der Waals surface area (Å²) in [6.45, 7) is 5.52. The van der Waals surface area contributed by atoms with Gasteiger partial charge in [-0.2, -0.15) is 0 Å². The van der Waals surface area contributed by atoms with Gasteiger partial charge in [0, 0.05) is 32.6 Å². The lowest BCUT2D eigenvalue weighted by Gasteiger charge is -2.32. The van der Waals surface area contributed by atoms with Crippen molar-refractivity contribution in [3.8, 4) is 0 Å². The second kappa shape index (κ2) is 11.3. The maximum atomic E-state index is 13.7. The SMILES string of the molecule is O=C(CC1CCN(Cc2ccc(F)cc2)CC1)C1CN(Cc2ccccc2)CCc2ccccc21. The molecule has 182 valence electrons. The van der Waals surface area contributed by atoms with Gasteiger partial charge >= 0.3 is 0 Å². The molecule has 0 spiro atoms. The van der Waals surface area contributed by atoms with Gasteiger partial charge in [0.2, 0.25) is 0 Å². The molecule has 35 heavy (non-hydrogen) atoms. The number of halogens is 1. The standard InChI is InChI=1S/C31H35FN2O/c32-28-12-10-26(11-13-28)21-33-17-14-24(15-18-33)20-31(35)30-23-34(22-25-6-2-1-3-7-25)19-16-27-8-4-5-9-29(27)30/h1-13,24,30H,14-23H2. The summed E-state index contributed by atoms with van der Waals surface area (Å²) in [6.07, 6.45) is 3.77. The van der Waals surface area contributed by atoms with Crippen LogP contribution in [0.2, 0.25) is 0 Å². The molecule has 0 radical (unpaired) electrons. The smallest absolute Gasteiger partial charge is 0.141 e. The molecule has 3 nitrogen and oxygen atoms in total. The van der Waals surface area contributed by atoms with E-state index in [1.54, 1.807) is 0 Å². The third-order valence-electron chi connectivity index (χ3n) is 7.72. The lowest BCUT2D eigenvalue weighted by Crippen LogP contribution is -2.35. The zero-order valence-corrected chi connectivity index (χ0v) is 20.4. The van der Waals surface area contributed by atoms with Crippen LogP contribution in [0.5, 0.6) is 0 Å². The Balaban J connectivity index is 1.21. The Labute approximate surface area is 208 Å². The van der Waals surface area contributed by atoms with Crippen molar-refractivity contribution in [2.75, 3.05) is 26.2 Å². The summed E-state index contributed by atoms with van der Waals surface area (Å²) >= 11 is 0. The summed E-state index contributed by atoms with van der Waals surface area (Å²) in [5.74, 6) is 0.613. The summed E-state index contributed by atoms with van der Waals surface area (Å²) in [4.78, 5) is 18.6. The number of carbonyl (C=O) groups is 1. The van der Waals surface area contributed by atoms with Gasteiger partial charge in [0.1, 0.15) is 11.6 Å². The maximum Gasteiger partial charge on any atom is 0.141 e. The van der Waals surface area contributed by atoms with Gasteiger partial charge in [0.25, 0.3) is 0 Å². The Kier molecular flexibility index (Phi) is 7.70. The number of fused-ring (bicyclic) bond motifs is 1. The van der Waals surface area contributed by atoms with E-state index in [1.165, 1.54) is 28.8 Å².